The van der Waals surface area contributed by atoms with Crippen molar-refractivity contribution < 1.29 is 4.79 Å². The number of hydrogen-bond acceptors (Lipinski definition) is 2. The number of benzene rings is 1. The van der Waals surface area contributed by atoms with Crippen LogP contribution in [0.15, 0.2) is 22.7 Å². The second kappa shape index (κ2) is 5.09. The molecule has 2 rings (SSSR count). The van der Waals surface area contributed by atoms with E-state index in [0.717, 1.165) is 15.5 Å². The van der Waals surface area contributed by atoms with Crippen molar-refractivity contribution in [1.82, 2.24) is 14.9 Å². The lowest BCUT2D eigenvalue weighted by atomic mass is 9.92. The first-order valence-electron chi connectivity index (χ1n) is 5.95. The highest BCUT2D eigenvalue weighted by Crippen LogP contribution is 2.24. The van der Waals surface area contributed by atoms with Crippen molar-refractivity contribution in [1.29, 1.82) is 0 Å². The Morgan fingerprint density at radius 1 is 1.53 bits per heavy atom. The summed E-state index contributed by atoms with van der Waals surface area (Å²) in [6, 6.07) is 5.94. The van der Waals surface area contributed by atoms with Gasteiger partial charge in [0, 0.05) is 18.1 Å². The van der Waals surface area contributed by atoms with E-state index in [-0.39, 0.29) is 5.91 Å². The summed E-state index contributed by atoms with van der Waals surface area (Å²) in [5.74, 6) is 0.000798. The molecule has 0 radical (unpaired) electrons. The molecule has 0 fully saturated rings. The number of aromatic nitrogens is 2. The number of fused-ring (bicyclic) bond motifs is 1. The molecule has 0 aliphatic rings. The molecule has 0 spiro atoms. The van der Waals surface area contributed by atoms with E-state index >= 15 is 0 Å². The number of carbonyl (C=O) groups is 1. The minimum Gasteiger partial charge on any atom is -0.359 e. The molecule has 0 atom stereocenters. The van der Waals surface area contributed by atoms with Gasteiger partial charge in [0.15, 0.2) is 4.77 Å². The average molecular weight is 342 g/mol. The second-order valence-corrected chi connectivity index (χ2v) is 6.44. The maximum absolute atomic E-state index is 11.9. The van der Waals surface area contributed by atoms with E-state index in [1.54, 1.807) is 7.05 Å². The summed E-state index contributed by atoms with van der Waals surface area (Å²) in [5, 5.41) is 2.69. The summed E-state index contributed by atoms with van der Waals surface area (Å²) in [6.45, 7) is 4.35. The van der Waals surface area contributed by atoms with Gasteiger partial charge in [-0.1, -0.05) is 15.9 Å². The van der Waals surface area contributed by atoms with Gasteiger partial charge >= 0.3 is 0 Å². The molecule has 0 aliphatic heterocycles. The molecule has 6 heteroatoms. The molecule has 0 aliphatic carbocycles. The SMILES string of the molecule is CNC(=O)C(C)(C)Cn1c(=S)[nH]c2cc(Br)ccc21. The molecule has 1 aromatic carbocycles. The van der Waals surface area contributed by atoms with Crippen molar-refractivity contribution in [2.24, 2.45) is 5.41 Å². The Hall–Kier alpha value is -1.14. The highest BCUT2D eigenvalue weighted by Gasteiger charge is 2.28. The van der Waals surface area contributed by atoms with Crippen LogP contribution in [0.4, 0.5) is 0 Å². The number of nitrogens with one attached hydrogen (secondary N) is 2. The van der Waals surface area contributed by atoms with Crippen LogP contribution in [0.5, 0.6) is 0 Å². The molecule has 19 heavy (non-hydrogen) atoms. The third-order valence-corrected chi connectivity index (χ3v) is 3.95. The molecule has 2 N–H and O–H groups in total. The first kappa shape index (κ1) is 14.3. The van der Waals surface area contributed by atoms with Crippen LogP contribution >= 0.6 is 28.1 Å². The number of H-pyrrole nitrogens is 1. The van der Waals surface area contributed by atoms with Gasteiger partial charge in [0.05, 0.1) is 16.4 Å². The molecule has 1 aromatic heterocycles. The summed E-state index contributed by atoms with van der Waals surface area (Å²) in [6.07, 6.45) is 0. The van der Waals surface area contributed by atoms with Crippen LogP contribution in [-0.4, -0.2) is 22.5 Å². The van der Waals surface area contributed by atoms with E-state index in [1.165, 1.54) is 0 Å². The monoisotopic (exact) mass is 341 g/mol. The van der Waals surface area contributed by atoms with Gasteiger partial charge in [0.1, 0.15) is 0 Å². The maximum Gasteiger partial charge on any atom is 0.227 e. The molecule has 1 amide bonds. The molecular weight excluding hydrogens is 326 g/mol. The van der Waals surface area contributed by atoms with Crippen molar-refractivity contribution in [2.75, 3.05) is 7.05 Å². The predicted octanol–water partition coefficient (Wildman–Crippen LogP) is 3.23. The summed E-state index contributed by atoms with van der Waals surface area (Å²) in [5.41, 5.74) is 1.45. The van der Waals surface area contributed by atoms with Crippen LogP contribution in [0.1, 0.15) is 13.8 Å². The largest absolute Gasteiger partial charge is 0.359 e. The van der Waals surface area contributed by atoms with Gasteiger partial charge in [-0.2, -0.15) is 0 Å². The Morgan fingerprint density at radius 3 is 2.84 bits per heavy atom. The molecule has 0 saturated heterocycles. The van der Waals surface area contributed by atoms with Crippen molar-refractivity contribution >= 4 is 45.1 Å². The molecule has 4 nitrogen and oxygen atoms in total. The van der Waals surface area contributed by atoms with Gasteiger partial charge in [0.2, 0.25) is 5.91 Å². The van der Waals surface area contributed by atoms with Crippen LogP contribution in [0.25, 0.3) is 11.0 Å². The second-order valence-electron chi connectivity index (χ2n) is 5.14. The van der Waals surface area contributed by atoms with E-state index in [9.17, 15) is 4.79 Å². The Labute approximate surface area is 125 Å². The van der Waals surface area contributed by atoms with Crippen LogP contribution in [0, 0.1) is 10.2 Å². The summed E-state index contributed by atoms with van der Waals surface area (Å²) in [7, 11) is 1.65. The highest BCUT2D eigenvalue weighted by molar-refractivity contribution is 9.10. The number of carbonyl (C=O) groups excluding carboxylic acids is 1. The average Bonchev–Trinajstić information content (AvgIpc) is 2.63. The van der Waals surface area contributed by atoms with Gasteiger partial charge in [-0.25, -0.2) is 0 Å². The number of nitrogens with zero attached hydrogens (tertiary/aromatic N) is 1. The summed E-state index contributed by atoms with van der Waals surface area (Å²) < 4.78 is 3.59. The van der Waals surface area contributed by atoms with Gasteiger partial charge in [-0.3, -0.25) is 4.79 Å². The van der Waals surface area contributed by atoms with Crippen molar-refractivity contribution in [3.05, 3.63) is 27.4 Å². The Kier molecular flexibility index (Phi) is 3.82. The Bertz CT molecular complexity index is 687. The van der Waals surface area contributed by atoms with Crippen molar-refractivity contribution in [3.8, 4) is 0 Å². The molecule has 0 bridgehead atoms. The third kappa shape index (κ3) is 2.74. The minimum atomic E-state index is -0.519. The van der Waals surface area contributed by atoms with E-state index in [1.807, 2.05) is 36.6 Å². The van der Waals surface area contributed by atoms with Gasteiger partial charge in [-0.05, 0) is 44.3 Å². The van der Waals surface area contributed by atoms with Crippen LogP contribution in [0.3, 0.4) is 0 Å². The smallest absolute Gasteiger partial charge is 0.227 e. The fourth-order valence-corrected chi connectivity index (χ4v) is 2.73. The predicted molar refractivity (Wildman–Crippen MR) is 82.7 cm³/mol. The topological polar surface area (TPSA) is 49.8 Å². The highest BCUT2D eigenvalue weighted by atomic mass is 79.9. The molecular formula is C13H16BrN3OS. The number of hydrogen-bond donors (Lipinski definition) is 2. The maximum atomic E-state index is 11.9. The summed E-state index contributed by atoms with van der Waals surface area (Å²) in [4.78, 5) is 15.0. The molecule has 102 valence electrons. The minimum absolute atomic E-state index is 0.000798. The third-order valence-electron chi connectivity index (χ3n) is 3.13. The van der Waals surface area contributed by atoms with Gasteiger partial charge < -0.3 is 14.9 Å². The molecule has 0 unspecified atom stereocenters. The molecule has 2 aromatic rings. The first-order chi connectivity index (χ1) is 8.85. The lowest BCUT2D eigenvalue weighted by Gasteiger charge is -2.23. The number of imidazole rings is 1. The van der Waals surface area contributed by atoms with Gasteiger partial charge in [-0.15, -0.1) is 0 Å². The number of halogens is 1. The van der Waals surface area contributed by atoms with Crippen molar-refractivity contribution in [2.45, 2.75) is 20.4 Å². The van der Waals surface area contributed by atoms with Crippen LogP contribution in [-0.2, 0) is 11.3 Å². The Morgan fingerprint density at radius 2 is 2.21 bits per heavy atom. The molecule has 1 heterocycles. The van der Waals surface area contributed by atoms with Crippen LogP contribution < -0.4 is 5.32 Å². The van der Waals surface area contributed by atoms with Crippen LogP contribution in [0.2, 0.25) is 0 Å². The Balaban J connectivity index is 2.49. The zero-order valence-corrected chi connectivity index (χ0v) is 13.5. The standard InChI is InChI=1S/C13H16BrN3OS/c1-13(2,11(18)15-3)7-17-10-5-4-8(14)6-9(10)16-12(17)19/h4-6H,7H2,1-3H3,(H,15,18)(H,16,19). The zero-order valence-electron chi connectivity index (χ0n) is 11.1. The van der Waals surface area contributed by atoms with E-state index in [4.69, 9.17) is 12.2 Å². The lowest BCUT2D eigenvalue weighted by molar-refractivity contribution is -0.129. The van der Waals surface area contributed by atoms with E-state index in [0.29, 0.717) is 11.3 Å². The van der Waals surface area contributed by atoms with Crippen molar-refractivity contribution in [3.63, 3.8) is 0 Å². The fraction of sp³-hybridized carbons (Fsp3) is 0.385. The lowest BCUT2D eigenvalue weighted by Crippen LogP contribution is -2.37. The van der Waals surface area contributed by atoms with E-state index in [2.05, 4.69) is 26.2 Å². The number of amides is 1. The van der Waals surface area contributed by atoms with E-state index < -0.39 is 5.41 Å². The molecule has 0 saturated carbocycles. The summed E-state index contributed by atoms with van der Waals surface area (Å²) >= 11 is 8.78. The zero-order chi connectivity index (χ0) is 14.2. The number of aromatic amines is 1. The quantitative estimate of drug-likeness (QED) is 0.842. The number of rotatable bonds is 3. The first-order valence-corrected chi connectivity index (χ1v) is 7.15. The fourth-order valence-electron chi connectivity index (χ4n) is 2.10. The van der Waals surface area contributed by atoms with Gasteiger partial charge in [0.25, 0.3) is 0 Å². The normalized spacial score (nSPS) is 11.8.